The van der Waals surface area contributed by atoms with Gasteiger partial charge in [-0.15, -0.1) is 0 Å². The Morgan fingerprint density at radius 2 is 2.32 bits per heavy atom. The lowest BCUT2D eigenvalue weighted by atomic mass is 10.1. The largest absolute Gasteiger partial charge is 0.399 e. The van der Waals surface area contributed by atoms with Crippen LogP contribution >= 0.6 is 21.6 Å². The van der Waals surface area contributed by atoms with Crippen molar-refractivity contribution in [2.24, 2.45) is 0 Å². The number of hydrogen-bond acceptors (Lipinski definition) is 4. The van der Waals surface area contributed by atoms with E-state index in [1.54, 1.807) is 6.07 Å². The second-order valence-corrected chi connectivity index (χ2v) is 7.54. The van der Waals surface area contributed by atoms with E-state index >= 15 is 0 Å². The molecule has 1 aliphatic heterocycles. The van der Waals surface area contributed by atoms with Gasteiger partial charge in [0.1, 0.15) is 0 Å². The highest BCUT2D eigenvalue weighted by Gasteiger charge is 2.15. The summed E-state index contributed by atoms with van der Waals surface area (Å²) in [6.45, 7) is 0. The third kappa shape index (κ3) is 5.37. The Kier molecular flexibility index (Phi) is 5.92. The number of benzene rings is 1. The smallest absolute Gasteiger partial charge is 0.224 e. The quantitative estimate of drug-likeness (QED) is 0.474. The first kappa shape index (κ1) is 14.6. The number of nitrogens with two attached hydrogens (primary N) is 1. The van der Waals surface area contributed by atoms with Gasteiger partial charge in [-0.25, -0.2) is 0 Å². The molecule has 1 fully saturated rings. The number of amides is 1. The summed E-state index contributed by atoms with van der Waals surface area (Å²) in [6, 6.07) is 7.30. The molecule has 0 bridgehead atoms. The highest BCUT2D eigenvalue weighted by Crippen LogP contribution is 2.39. The first-order chi connectivity index (χ1) is 9.24. The molecule has 0 radical (unpaired) electrons. The van der Waals surface area contributed by atoms with Crippen LogP contribution in [0.25, 0.3) is 0 Å². The Morgan fingerprint density at radius 1 is 1.42 bits per heavy atom. The number of unbranched alkanes of at least 4 members (excludes halogenated alkanes) is 1. The Hall–Kier alpha value is -0.810. The average molecular weight is 296 g/mol. The van der Waals surface area contributed by atoms with E-state index in [1.165, 1.54) is 18.6 Å². The molecule has 2 rings (SSSR count). The molecule has 1 aromatic rings. The number of nitrogens with one attached hydrogen (secondary N) is 1. The maximum absolute atomic E-state index is 11.8. The van der Waals surface area contributed by atoms with E-state index in [9.17, 15) is 4.79 Å². The van der Waals surface area contributed by atoms with Gasteiger partial charge in [0.05, 0.1) is 0 Å². The van der Waals surface area contributed by atoms with Crippen LogP contribution in [-0.4, -0.2) is 16.9 Å². The van der Waals surface area contributed by atoms with Crippen LogP contribution in [0.4, 0.5) is 11.4 Å². The molecule has 1 amide bonds. The molecule has 104 valence electrons. The summed E-state index contributed by atoms with van der Waals surface area (Å²) in [5, 5.41) is 3.69. The van der Waals surface area contributed by atoms with E-state index in [2.05, 4.69) is 5.32 Å². The van der Waals surface area contributed by atoms with Gasteiger partial charge in [0.2, 0.25) is 5.91 Å². The van der Waals surface area contributed by atoms with Gasteiger partial charge in [0.15, 0.2) is 0 Å². The Bertz CT molecular complexity index is 420. The maximum Gasteiger partial charge on any atom is 0.224 e. The molecule has 3 N–H and O–H groups in total. The number of carbonyl (C=O) groups is 1. The third-order valence-electron chi connectivity index (χ3n) is 3.08. The molecule has 1 saturated heterocycles. The van der Waals surface area contributed by atoms with Gasteiger partial charge in [-0.1, -0.05) is 34.1 Å². The van der Waals surface area contributed by atoms with E-state index < -0.39 is 0 Å². The minimum Gasteiger partial charge on any atom is -0.399 e. The van der Waals surface area contributed by atoms with Crippen LogP contribution in [0.2, 0.25) is 0 Å². The zero-order chi connectivity index (χ0) is 13.5. The van der Waals surface area contributed by atoms with E-state index in [0.29, 0.717) is 12.1 Å². The standard InChI is InChI=1S/C14H20N2OS2/c15-11-4-3-5-12(10-11)16-14(17)7-2-1-6-13-8-9-18-19-13/h3-5,10,13H,1-2,6-9,15H2,(H,16,17). The highest BCUT2D eigenvalue weighted by atomic mass is 33.1. The number of carbonyl (C=O) groups excluding carboxylic acids is 1. The van der Waals surface area contributed by atoms with Gasteiger partial charge in [-0.05, 0) is 37.5 Å². The van der Waals surface area contributed by atoms with Crippen molar-refractivity contribution in [3.05, 3.63) is 24.3 Å². The van der Waals surface area contributed by atoms with Crippen molar-refractivity contribution < 1.29 is 4.79 Å². The minimum atomic E-state index is 0.0825. The van der Waals surface area contributed by atoms with Gasteiger partial charge < -0.3 is 11.1 Å². The number of anilines is 2. The van der Waals surface area contributed by atoms with Crippen LogP contribution < -0.4 is 11.1 Å². The molecule has 1 aromatic carbocycles. The van der Waals surface area contributed by atoms with E-state index in [0.717, 1.165) is 23.8 Å². The summed E-state index contributed by atoms with van der Waals surface area (Å²) in [4.78, 5) is 11.8. The average Bonchev–Trinajstić information content (AvgIpc) is 2.88. The number of nitrogen functional groups attached to an aromatic ring is 1. The van der Waals surface area contributed by atoms with Crippen molar-refractivity contribution >= 4 is 38.9 Å². The zero-order valence-electron chi connectivity index (χ0n) is 10.9. The molecule has 1 unspecified atom stereocenters. The van der Waals surface area contributed by atoms with Crippen LogP contribution in [-0.2, 0) is 4.79 Å². The second-order valence-electron chi connectivity index (χ2n) is 4.75. The normalized spacial score (nSPS) is 18.4. The highest BCUT2D eigenvalue weighted by molar-refractivity contribution is 8.77. The van der Waals surface area contributed by atoms with Crippen molar-refractivity contribution in [2.75, 3.05) is 16.8 Å². The molecule has 5 heteroatoms. The molecule has 1 aliphatic rings. The van der Waals surface area contributed by atoms with Crippen LogP contribution in [0.15, 0.2) is 24.3 Å². The predicted octanol–water partition coefficient (Wildman–Crippen LogP) is 3.92. The fourth-order valence-corrected chi connectivity index (χ4v) is 5.09. The summed E-state index contributed by atoms with van der Waals surface area (Å²) < 4.78 is 0. The van der Waals surface area contributed by atoms with E-state index in [1.807, 2.05) is 39.8 Å². The van der Waals surface area contributed by atoms with Gasteiger partial charge >= 0.3 is 0 Å². The van der Waals surface area contributed by atoms with Crippen LogP contribution in [0.5, 0.6) is 0 Å². The summed E-state index contributed by atoms with van der Waals surface area (Å²) in [5.41, 5.74) is 7.13. The van der Waals surface area contributed by atoms with Gasteiger partial charge in [0.25, 0.3) is 0 Å². The lowest BCUT2D eigenvalue weighted by Crippen LogP contribution is -2.11. The monoisotopic (exact) mass is 296 g/mol. The van der Waals surface area contributed by atoms with Gasteiger partial charge in [0, 0.05) is 28.8 Å². The van der Waals surface area contributed by atoms with Crippen LogP contribution in [0, 0.1) is 0 Å². The van der Waals surface area contributed by atoms with Crippen LogP contribution in [0.1, 0.15) is 32.1 Å². The maximum atomic E-state index is 11.8. The van der Waals surface area contributed by atoms with Crippen molar-refractivity contribution in [2.45, 2.75) is 37.4 Å². The fraction of sp³-hybridized carbons (Fsp3) is 0.500. The zero-order valence-corrected chi connectivity index (χ0v) is 12.6. The number of rotatable bonds is 6. The molecule has 1 heterocycles. The van der Waals surface area contributed by atoms with Crippen molar-refractivity contribution in [3.63, 3.8) is 0 Å². The van der Waals surface area contributed by atoms with Crippen molar-refractivity contribution in [3.8, 4) is 0 Å². The third-order valence-corrected chi connectivity index (χ3v) is 6.08. The predicted molar refractivity (Wildman–Crippen MR) is 86.4 cm³/mol. The number of hydrogen-bond donors (Lipinski definition) is 2. The second kappa shape index (κ2) is 7.70. The molecule has 1 atom stereocenters. The minimum absolute atomic E-state index is 0.0825. The molecule has 0 aliphatic carbocycles. The van der Waals surface area contributed by atoms with E-state index in [-0.39, 0.29) is 5.91 Å². The topological polar surface area (TPSA) is 55.1 Å². The van der Waals surface area contributed by atoms with E-state index in [4.69, 9.17) is 5.73 Å². The summed E-state index contributed by atoms with van der Waals surface area (Å²) in [7, 11) is 3.98. The molecule has 0 saturated carbocycles. The lowest BCUT2D eigenvalue weighted by molar-refractivity contribution is -0.116. The molecule has 3 nitrogen and oxygen atoms in total. The van der Waals surface area contributed by atoms with Crippen LogP contribution in [0.3, 0.4) is 0 Å². The fourth-order valence-electron chi connectivity index (χ4n) is 2.06. The summed E-state index contributed by atoms with van der Waals surface area (Å²) in [5.74, 6) is 1.37. The van der Waals surface area contributed by atoms with Gasteiger partial charge in [-0.3, -0.25) is 4.79 Å². The summed E-state index contributed by atoms with van der Waals surface area (Å²) >= 11 is 0. The lowest BCUT2D eigenvalue weighted by Gasteiger charge is -2.08. The summed E-state index contributed by atoms with van der Waals surface area (Å²) in [6.07, 6.45) is 5.27. The van der Waals surface area contributed by atoms with Crippen molar-refractivity contribution in [1.82, 2.24) is 0 Å². The first-order valence-corrected chi connectivity index (χ1v) is 9.06. The molecular formula is C14H20N2OS2. The van der Waals surface area contributed by atoms with Crippen molar-refractivity contribution in [1.29, 1.82) is 0 Å². The molecular weight excluding hydrogens is 276 g/mol. The SMILES string of the molecule is Nc1cccc(NC(=O)CCCCC2CCSS2)c1. The Labute approximate surface area is 122 Å². The molecule has 0 spiro atoms. The Balaban J connectivity index is 1.61. The Morgan fingerprint density at radius 3 is 3.05 bits per heavy atom. The molecule has 0 aromatic heterocycles. The first-order valence-electron chi connectivity index (χ1n) is 6.68. The van der Waals surface area contributed by atoms with Gasteiger partial charge in [-0.2, -0.15) is 0 Å². The molecule has 19 heavy (non-hydrogen) atoms.